The average molecular weight is 236 g/mol. The van der Waals surface area contributed by atoms with Gasteiger partial charge in [0.1, 0.15) is 5.76 Å². The van der Waals surface area contributed by atoms with Crippen LogP contribution in [0.2, 0.25) is 0 Å². The number of rotatable bonds is 6. The van der Waals surface area contributed by atoms with Gasteiger partial charge in [0.2, 0.25) is 0 Å². The molecule has 0 aliphatic heterocycles. The predicted molar refractivity (Wildman–Crippen MR) is 57.3 cm³/mol. The predicted octanol–water partition coefficient (Wildman–Crippen LogP) is 1.02. The fourth-order valence-electron chi connectivity index (χ4n) is 1.22. The summed E-state index contributed by atoms with van der Waals surface area (Å²) in [7, 11) is 0. The summed E-state index contributed by atoms with van der Waals surface area (Å²) < 4.78 is 9.61. The molecule has 0 atom stereocenters. The standard InChI is InChI=1S/C11H12N2O4/c1-2-16-11(15)10(13-12)9(14)6-5-8-4-3-7-17-8/h3-4,7H,2,5-6H2,1H3. The molecule has 0 bridgehead atoms. The third-order valence-corrected chi connectivity index (χ3v) is 2.01. The molecule has 6 nitrogen and oxygen atoms in total. The molecule has 0 N–H and O–H groups in total. The van der Waals surface area contributed by atoms with Crippen LogP contribution in [0, 0.1) is 0 Å². The molecule has 0 fully saturated rings. The molecule has 17 heavy (non-hydrogen) atoms. The number of carbonyl (C=O) groups excluding carboxylic acids is 2. The van der Waals surface area contributed by atoms with Gasteiger partial charge in [-0.15, -0.1) is 0 Å². The minimum Gasteiger partial charge on any atom is -0.469 e. The van der Waals surface area contributed by atoms with Crippen molar-refractivity contribution < 1.29 is 23.5 Å². The van der Waals surface area contributed by atoms with Gasteiger partial charge < -0.3 is 14.7 Å². The molecular weight excluding hydrogens is 224 g/mol. The number of furan rings is 1. The number of esters is 1. The lowest BCUT2D eigenvalue weighted by Crippen LogP contribution is -2.27. The quantitative estimate of drug-likeness (QED) is 0.242. The van der Waals surface area contributed by atoms with E-state index in [9.17, 15) is 9.59 Å². The van der Waals surface area contributed by atoms with Crippen LogP contribution in [-0.2, 0) is 20.7 Å². The fraction of sp³-hybridized carbons (Fsp3) is 0.364. The molecule has 0 amide bonds. The molecular formula is C11H12N2O4. The second kappa shape index (κ2) is 6.40. The summed E-state index contributed by atoms with van der Waals surface area (Å²) in [5.74, 6) is -0.874. The maximum Gasteiger partial charge on any atom is 0.441 e. The Balaban J connectivity index is 2.56. The second-order valence-electron chi connectivity index (χ2n) is 3.17. The zero-order valence-electron chi connectivity index (χ0n) is 9.38. The van der Waals surface area contributed by atoms with Gasteiger partial charge in [0.25, 0.3) is 5.78 Å². The number of aryl methyl sites for hydroxylation is 1. The van der Waals surface area contributed by atoms with E-state index in [1.165, 1.54) is 6.26 Å². The summed E-state index contributed by atoms with van der Waals surface area (Å²) in [5.41, 5.74) is 8.01. The van der Waals surface area contributed by atoms with E-state index in [0.29, 0.717) is 12.2 Å². The summed E-state index contributed by atoms with van der Waals surface area (Å²) in [6.07, 6.45) is 1.85. The van der Waals surface area contributed by atoms with Gasteiger partial charge in [0.15, 0.2) is 0 Å². The highest BCUT2D eigenvalue weighted by atomic mass is 16.5. The molecule has 0 aliphatic carbocycles. The molecule has 90 valence electrons. The first-order valence-corrected chi connectivity index (χ1v) is 5.13. The smallest absolute Gasteiger partial charge is 0.441 e. The maximum atomic E-state index is 11.6. The van der Waals surface area contributed by atoms with Crippen LogP contribution in [0.25, 0.3) is 5.53 Å². The molecule has 6 heteroatoms. The van der Waals surface area contributed by atoms with Crippen molar-refractivity contribution in [1.82, 2.24) is 0 Å². The topological polar surface area (TPSA) is 92.9 Å². The van der Waals surface area contributed by atoms with Gasteiger partial charge in [0, 0.05) is 12.8 Å². The van der Waals surface area contributed by atoms with Crippen LogP contribution in [0.3, 0.4) is 0 Å². The Morgan fingerprint density at radius 2 is 2.29 bits per heavy atom. The number of nitrogens with zero attached hydrogens (tertiary/aromatic N) is 2. The number of Topliss-reactive ketones (excluding diaryl/α,β-unsaturated/α-hetero) is 1. The van der Waals surface area contributed by atoms with E-state index in [2.05, 4.69) is 9.53 Å². The van der Waals surface area contributed by atoms with E-state index in [-0.39, 0.29) is 13.0 Å². The van der Waals surface area contributed by atoms with Crippen LogP contribution in [0.4, 0.5) is 0 Å². The Kier molecular flexibility index (Phi) is 4.84. The summed E-state index contributed by atoms with van der Waals surface area (Å²) >= 11 is 0. The zero-order chi connectivity index (χ0) is 12.7. The van der Waals surface area contributed by atoms with E-state index in [4.69, 9.17) is 9.95 Å². The van der Waals surface area contributed by atoms with E-state index >= 15 is 0 Å². The fourth-order valence-corrected chi connectivity index (χ4v) is 1.22. The van der Waals surface area contributed by atoms with Crippen molar-refractivity contribution in [2.75, 3.05) is 6.61 Å². The summed E-state index contributed by atoms with van der Waals surface area (Å²) in [6.45, 7) is 1.71. The van der Waals surface area contributed by atoms with Gasteiger partial charge in [-0.1, -0.05) is 0 Å². The van der Waals surface area contributed by atoms with Gasteiger partial charge in [-0.05, 0) is 19.1 Å². The van der Waals surface area contributed by atoms with Crippen LogP contribution >= 0.6 is 0 Å². The molecule has 0 aliphatic rings. The van der Waals surface area contributed by atoms with Crippen molar-refractivity contribution in [1.29, 1.82) is 0 Å². The van der Waals surface area contributed by atoms with Crippen LogP contribution in [0.1, 0.15) is 19.1 Å². The summed E-state index contributed by atoms with van der Waals surface area (Å²) in [5, 5.41) is 0. The molecule has 0 aromatic carbocycles. The molecule has 1 rings (SSSR count). The first-order chi connectivity index (χ1) is 8.19. The van der Waals surface area contributed by atoms with E-state index in [1.807, 2.05) is 0 Å². The minimum absolute atomic E-state index is 0.0196. The van der Waals surface area contributed by atoms with Crippen molar-refractivity contribution >= 4 is 17.5 Å². The van der Waals surface area contributed by atoms with Crippen LogP contribution in [0.15, 0.2) is 22.8 Å². The third kappa shape index (κ3) is 3.70. The Morgan fingerprint density at radius 3 is 2.82 bits per heavy atom. The summed E-state index contributed by atoms with van der Waals surface area (Å²) in [4.78, 5) is 25.4. The number of hydrogen-bond acceptors (Lipinski definition) is 4. The normalized spacial score (nSPS) is 9.47. The van der Waals surface area contributed by atoms with Crippen LogP contribution in [-0.4, -0.2) is 28.9 Å². The number of ether oxygens (including phenoxy) is 1. The summed E-state index contributed by atoms with van der Waals surface area (Å²) in [6, 6.07) is 3.42. The van der Waals surface area contributed by atoms with Gasteiger partial charge in [-0.3, -0.25) is 4.79 Å². The largest absolute Gasteiger partial charge is 0.469 e. The Labute approximate surface area is 97.8 Å². The lowest BCUT2D eigenvalue weighted by Gasteiger charge is -1.96. The first-order valence-electron chi connectivity index (χ1n) is 5.13. The highest BCUT2D eigenvalue weighted by Crippen LogP contribution is 2.04. The SMILES string of the molecule is CCOC(=O)C(=[N+]=[N-])C(=O)CCc1ccco1. The Hall–Kier alpha value is -2.20. The molecule has 1 aromatic heterocycles. The number of hydrogen-bond donors (Lipinski definition) is 0. The number of ketones is 1. The van der Waals surface area contributed by atoms with Gasteiger partial charge in [-0.25, -0.2) is 4.79 Å². The minimum atomic E-state index is -0.917. The van der Waals surface area contributed by atoms with Crippen molar-refractivity contribution in [2.24, 2.45) is 0 Å². The van der Waals surface area contributed by atoms with Gasteiger partial charge >= 0.3 is 11.7 Å². The first kappa shape index (κ1) is 12.9. The average Bonchev–Trinajstić information content (AvgIpc) is 2.80. The van der Waals surface area contributed by atoms with Crippen molar-refractivity contribution in [3.8, 4) is 0 Å². The molecule has 0 spiro atoms. The van der Waals surface area contributed by atoms with Crippen molar-refractivity contribution in [3.63, 3.8) is 0 Å². The lowest BCUT2D eigenvalue weighted by atomic mass is 10.1. The lowest BCUT2D eigenvalue weighted by molar-refractivity contribution is -0.141. The molecule has 1 aromatic rings. The molecule has 0 saturated heterocycles. The van der Waals surface area contributed by atoms with Crippen molar-refractivity contribution in [2.45, 2.75) is 19.8 Å². The van der Waals surface area contributed by atoms with Crippen molar-refractivity contribution in [3.05, 3.63) is 29.7 Å². The second-order valence-corrected chi connectivity index (χ2v) is 3.17. The zero-order valence-corrected chi connectivity index (χ0v) is 9.38. The molecule has 0 unspecified atom stereocenters. The Bertz CT molecular complexity index is 444. The third-order valence-electron chi connectivity index (χ3n) is 2.01. The maximum absolute atomic E-state index is 11.6. The van der Waals surface area contributed by atoms with E-state index < -0.39 is 17.5 Å². The number of carbonyl (C=O) groups is 2. The van der Waals surface area contributed by atoms with E-state index in [0.717, 1.165) is 0 Å². The highest BCUT2D eigenvalue weighted by molar-refractivity contribution is 6.62. The van der Waals surface area contributed by atoms with Crippen LogP contribution < -0.4 is 0 Å². The van der Waals surface area contributed by atoms with E-state index in [1.54, 1.807) is 19.1 Å². The molecule has 1 heterocycles. The monoisotopic (exact) mass is 236 g/mol. The van der Waals surface area contributed by atoms with Crippen LogP contribution in [0.5, 0.6) is 0 Å². The highest BCUT2D eigenvalue weighted by Gasteiger charge is 2.30. The van der Waals surface area contributed by atoms with Gasteiger partial charge in [0.05, 0.1) is 12.9 Å². The Morgan fingerprint density at radius 1 is 1.53 bits per heavy atom. The molecule has 0 radical (unpaired) electrons. The van der Waals surface area contributed by atoms with Gasteiger partial charge in [-0.2, -0.15) is 4.79 Å². The molecule has 0 saturated carbocycles.